The Morgan fingerprint density at radius 2 is 2.27 bits per heavy atom. The molecule has 7 nitrogen and oxygen atoms in total. The lowest BCUT2D eigenvalue weighted by atomic mass is 10.3. The quantitative estimate of drug-likeness (QED) is 0.543. The predicted octanol–water partition coefficient (Wildman–Crippen LogP) is 1.35. The number of nitro groups is 1. The zero-order valence-corrected chi connectivity index (χ0v) is 7.75. The Kier molecular flexibility index (Phi) is 2.13. The summed E-state index contributed by atoms with van der Waals surface area (Å²) in [5.41, 5.74) is 0.344. The summed E-state index contributed by atoms with van der Waals surface area (Å²) in [6.45, 7) is 1.68. The molecule has 0 fully saturated rings. The maximum Gasteiger partial charge on any atom is 0.287 e. The third-order valence-electron chi connectivity index (χ3n) is 1.71. The molecule has 0 radical (unpaired) electrons. The smallest absolute Gasteiger partial charge is 0.287 e. The van der Waals surface area contributed by atoms with Crippen LogP contribution in [0.3, 0.4) is 0 Å². The zero-order valence-electron chi connectivity index (χ0n) is 7.75. The summed E-state index contributed by atoms with van der Waals surface area (Å²) >= 11 is 0. The molecule has 0 bridgehead atoms. The highest BCUT2D eigenvalue weighted by molar-refractivity contribution is 5.48. The first kappa shape index (κ1) is 9.25. The third-order valence-corrected chi connectivity index (χ3v) is 1.71. The van der Waals surface area contributed by atoms with Gasteiger partial charge in [0.2, 0.25) is 0 Å². The Balaban J connectivity index is 2.35. The molecule has 2 rings (SSSR count). The molecule has 2 aromatic heterocycles. The molecule has 0 aliphatic rings. The Morgan fingerprint density at radius 3 is 2.73 bits per heavy atom. The van der Waals surface area contributed by atoms with E-state index in [-0.39, 0.29) is 11.6 Å². The highest BCUT2D eigenvalue weighted by Gasteiger charge is 2.10. The fourth-order valence-electron chi connectivity index (χ4n) is 1.02. The molecule has 0 spiro atoms. The molecule has 0 amide bonds. The normalized spacial score (nSPS) is 10.2. The lowest BCUT2D eigenvalue weighted by Crippen LogP contribution is -1.90. The van der Waals surface area contributed by atoms with Crippen LogP contribution in [0.4, 0.5) is 5.69 Å². The van der Waals surface area contributed by atoms with Crippen molar-refractivity contribution in [3.8, 4) is 11.6 Å². The van der Waals surface area contributed by atoms with Gasteiger partial charge in [-0.2, -0.15) is 4.98 Å². The summed E-state index contributed by atoms with van der Waals surface area (Å²) < 4.78 is 4.86. The van der Waals surface area contributed by atoms with Crippen LogP contribution in [-0.2, 0) is 0 Å². The van der Waals surface area contributed by atoms with Gasteiger partial charge in [0, 0.05) is 6.07 Å². The number of aromatic nitrogens is 3. The molecule has 0 unspecified atom stereocenters. The fourth-order valence-corrected chi connectivity index (χ4v) is 1.02. The van der Waals surface area contributed by atoms with Crippen molar-refractivity contribution in [2.75, 3.05) is 0 Å². The van der Waals surface area contributed by atoms with Crippen molar-refractivity contribution < 1.29 is 9.45 Å². The van der Waals surface area contributed by atoms with E-state index >= 15 is 0 Å². The summed E-state index contributed by atoms with van der Waals surface area (Å²) in [4.78, 5) is 17.6. The summed E-state index contributed by atoms with van der Waals surface area (Å²) in [6, 6.07) is 2.80. The van der Waals surface area contributed by atoms with E-state index in [1.165, 1.54) is 12.1 Å². The Morgan fingerprint density at radius 1 is 1.47 bits per heavy atom. The van der Waals surface area contributed by atoms with Crippen molar-refractivity contribution in [3.05, 3.63) is 34.3 Å². The van der Waals surface area contributed by atoms with Crippen LogP contribution in [0, 0.1) is 17.0 Å². The SMILES string of the molecule is Cc1noc(-c2ccc([N+](=O)[O-])cn2)n1. The first-order valence-electron chi connectivity index (χ1n) is 4.08. The second kappa shape index (κ2) is 3.45. The molecule has 0 N–H and O–H groups in total. The molecule has 0 aliphatic carbocycles. The van der Waals surface area contributed by atoms with Crippen LogP contribution in [0.15, 0.2) is 22.9 Å². The largest absolute Gasteiger partial charge is 0.332 e. The molecule has 2 aromatic rings. The van der Waals surface area contributed by atoms with Gasteiger partial charge < -0.3 is 4.52 Å². The van der Waals surface area contributed by atoms with Crippen molar-refractivity contribution in [1.29, 1.82) is 0 Å². The number of aryl methyl sites for hydroxylation is 1. The molecular weight excluding hydrogens is 200 g/mol. The van der Waals surface area contributed by atoms with E-state index in [9.17, 15) is 10.1 Å². The summed E-state index contributed by atoms with van der Waals surface area (Å²) in [7, 11) is 0. The summed E-state index contributed by atoms with van der Waals surface area (Å²) in [5.74, 6) is 0.743. The van der Waals surface area contributed by atoms with Gasteiger partial charge in [0.05, 0.1) is 4.92 Å². The highest BCUT2D eigenvalue weighted by atomic mass is 16.6. The molecule has 7 heteroatoms. The van der Waals surface area contributed by atoms with Crippen LogP contribution in [0.2, 0.25) is 0 Å². The van der Waals surface area contributed by atoms with Gasteiger partial charge in [0.25, 0.3) is 11.6 Å². The van der Waals surface area contributed by atoms with Crippen LogP contribution < -0.4 is 0 Å². The average Bonchev–Trinajstić information content (AvgIpc) is 2.65. The Hall–Kier alpha value is -2.31. The fraction of sp³-hybridized carbons (Fsp3) is 0.125. The molecule has 76 valence electrons. The second-order valence-corrected chi connectivity index (χ2v) is 2.81. The van der Waals surface area contributed by atoms with Gasteiger partial charge in [0.15, 0.2) is 5.82 Å². The molecule has 15 heavy (non-hydrogen) atoms. The van der Waals surface area contributed by atoms with Crippen molar-refractivity contribution >= 4 is 5.69 Å². The Bertz CT molecular complexity index is 491. The second-order valence-electron chi connectivity index (χ2n) is 2.81. The molecule has 0 aromatic carbocycles. The van der Waals surface area contributed by atoms with Crippen LogP contribution in [0.5, 0.6) is 0 Å². The van der Waals surface area contributed by atoms with Gasteiger partial charge in [-0.3, -0.25) is 10.1 Å². The molecule has 2 heterocycles. The number of hydrogen-bond donors (Lipinski definition) is 0. The van der Waals surface area contributed by atoms with Gasteiger partial charge in [-0.25, -0.2) is 4.98 Å². The molecular formula is C8H6N4O3. The van der Waals surface area contributed by atoms with Gasteiger partial charge in [-0.05, 0) is 13.0 Å². The first-order chi connectivity index (χ1) is 7.16. The van der Waals surface area contributed by atoms with Gasteiger partial charge in [0.1, 0.15) is 11.9 Å². The lowest BCUT2D eigenvalue weighted by molar-refractivity contribution is -0.385. The Labute approximate surface area is 83.9 Å². The predicted molar refractivity (Wildman–Crippen MR) is 48.9 cm³/mol. The lowest BCUT2D eigenvalue weighted by Gasteiger charge is -1.92. The minimum absolute atomic E-state index is 0.0741. The number of rotatable bonds is 2. The summed E-state index contributed by atoms with van der Waals surface area (Å²) in [5, 5.41) is 14.0. The third kappa shape index (κ3) is 1.80. The first-order valence-corrected chi connectivity index (χ1v) is 4.08. The topological polar surface area (TPSA) is 95.0 Å². The van der Waals surface area contributed by atoms with E-state index in [1.54, 1.807) is 6.92 Å². The van der Waals surface area contributed by atoms with Crippen LogP contribution in [0.1, 0.15) is 5.82 Å². The number of hydrogen-bond acceptors (Lipinski definition) is 6. The molecule has 0 atom stereocenters. The summed E-state index contributed by atoms with van der Waals surface area (Å²) in [6.07, 6.45) is 1.15. The minimum atomic E-state index is -0.518. The van der Waals surface area contributed by atoms with Crippen molar-refractivity contribution in [2.24, 2.45) is 0 Å². The van der Waals surface area contributed by atoms with Gasteiger partial charge in [-0.15, -0.1) is 0 Å². The maximum absolute atomic E-state index is 10.4. The number of nitrogens with zero attached hydrogens (tertiary/aromatic N) is 4. The van der Waals surface area contributed by atoms with Crippen molar-refractivity contribution in [1.82, 2.24) is 15.1 Å². The monoisotopic (exact) mass is 206 g/mol. The van der Waals surface area contributed by atoms with E-state index in [1.807, 2.05) is 0 Å². The van der Waals surface area contributed by atoms with E-state index < -0.39 is 4.92 Å². The van der Waals surface area contributed by atoms with Gasteiger partial charge in [-0.1, -0.05) is 5.16 Å². The van der Waals surface area contributed by atoms with E-state index in [0.717, 1.165) is 6.20 Å². The van der Waals surface area contributed by atoms with Crippen LogP contribution >= 0.6 is 0 Å². The van der Waals surface area contributed by atoms with Gasteiger partial charge >= 0.3 is 0 Å². The van der Waals surface area contributed by atoms with Crippen LogP contribution in [-0.4, -0.2) is 20.0 Å². The number of pyridine rings is 1. The van der Waals surface area contributed by atoms with E-state index in [4.69, 9.17) is 4.52 Å². The zero-order chi connectivity index (χ0) is 10.8. The molecule has 0 saturated carbocycles. The van der Waals surface area contributed by atoms with Crippen LogP contribution in [0.25, 0.3) is 11.6 Å². The minimum Gasteiger partial charge on any atom is -0.332 e. The van der Waals surface area contributed by atoms with Crippen molar-refractivity contribution in [2.45, 2.75) is 6.92 Å². The molecule has 0 saturated heterocycles. The van der Waals surface area contributed by atoms with E-state index in [0.29, 0.717) is 11.5 Å². The standard InChI is InChI=1S/C8H6N4O3/c1-5-10-8(15-11-5)7-3-2-6(4-9-7)12(13)14/h2-4H,1H3. The average molecular weight is 206 g/mol. The maximum atomic E-state index is 10.4. The molecule has 0 aliphatic heterocycles. The van der Waals surface area contributed by atoms with E-state index in [2.05, 4.69) is 15.1 Å². The highest BCUT2D eigenvalue weighted by Crippen LogP contribution is 2.17. The van der Waals surface area contributed by atoms with Crippen molar-refractivity contribution in [3.63, 3.8) is 0 Å².